The molecule has 0 saturated heterocycles. The van der Waals surface area contributed by atoms with Crippen molar-refractivity contribution < 1.29 is 14.3 Å². The maximum atomic E-state index is 10.6. The molecule has 1 atom stereocenters. The van der Waals surface area contributed by atoms with Gasteiger partial charge in [0.2, 0.25) is 0 Å². The SMILES string of the molecule is CC(=O)OC(N)CCCOc1ccccc1. The molecule has 0 aliphatic heterocycles. The number of para-hydroxylation sites is 1. The summed E-state index contributed by atoms with van der Waals surface area (Å²) >= 11 is 0. The van der Waals surface area contributed by atoms with Crippen LogP contribution in [0.2, 0.25) is 0 Å². The van der Waals surface area contributed by atoms with Crippen LogP contribution in [0.1, 0.15) is 19.8 Å². The van der Waals surface area contributed by atoms with Crippen LogP contribution < -0.4 is 10.5 Å². The summed E-state index contributed by atoms with van der Waals surface area (Å²) in [5.74, 6) is 0.486. The second-order valence-electron chi connectivity index (χ2n) is 3.45. The van der Waals surface area contributed by atoms with Gasteiger partial charge in [0, 0.05) is 13.3 Å². The predicted octanol–water partition coefficient (Wildman–Crippen LogP) is 1.69. The zero-order chi connectivity index (χ0) is 11.8. The Balaban J connectivity index is 2.10. The maximum Gasteiger partial charge on any atom is 0.304 e. The second-order valence-corrected chi connectivity index (χ2v) is 3.45. The first kappa shape index (κ1) is 12.5. The van der Waals surface area contributed by atoms with Crippen molar-refractivity contribution >= 4 is 5.97 Å². The largest absolute Gasteiger partial charge is 0.494 e. The summed E-state index contributed by atoms with van der Waals surface area (Å²) in [5.41, 5.74) is 5.56. The lowest BCUT2D eigenvalue weighted by Crippen LogP contribution is -2.26. The van der Waals surface area contributed by atoms with E-state index in [2.05, 4.69) is 0 Å². The Morgan fingerprint density at radius 2 is 2.06 bits per heavy atom. The third-order valence-corrected chi connectivity index (χ3v) is 1.96. The highest BCUT2D eigenvalue weighted by molar-refractivity contribution is 5.66. The predicted molar refractivity (Wildman–Crippen MR) is 60.9 cm³/mol. The fraction of sp³-hybridized carbons (Fsp3) is 0.417. The molecule has 1 aromatic carbocycles. The van der Waals surface area contributed by atoms with Crippen LogP contribution in [0.5, 0.6) is 5.75 Å². The number of nitrogens with two attached hydrogens (primary N) is 1. The van der Waals surface area contributed by atoms with Crippen molar-refractivity contribution in [1.29, 1.82) is 0 Å². The second kappa shape index (κ2) is 6.85. The molecule has 0 amide bonds. The summed E-state index contributed by atoms with van der Waals surface area (Å²) in [6.45, 7) is 1.92. The number of carbonyl (C=O) groups excluding carboxylic acids is 1. The summed E-state index contributed by atoms with van der Waals surface area (Å²) < 4.78 is 10.3. The molecule has 88 valence electrons. The van der Waals surface area contributed by atoms with E-state index in [4.69, 9.17) is 15.2 Å². The molecular formula is C12H17NO3. The van der Waals surface area contributed by atoms with Crippen molar-refractivity contribution in [2.75, 3.05) is 6.61 Å². The van der Waals surface area contributed by atoms with Gasteiger partial charge in [0.15, 0.2) is 6.23 Å². The molecule has 1 aromatic rings. The first-order chi connectivity index (χ1) is 7.68. The summed E-state index contributed by atoms with van der Waals surface area (Å²) in [6.07, 6.45) is 0.826. The molecule has 1 unspecified atom stereocenters. The van der Waals surface area contributed by atoms with Crippen LogP contribution in [0.15, 0.2) is 30.3 Å². The average molecular weight is 223 g/mol. The Labute approximate surface area is 95.3 Å². The maximum absolute atomic E-state index is 10.6. The fourth-order valence-corrected chi connectivity index (χ4v) is 1.26. The van der Waals surface area contributed by atoms with Gasteiger partial charge in [0.05, 0.1) is 6.61 Å². The molecule has 16 heavy (non-hydrogen) atoms. The van der Waals surface area contributed by atoms with Gasteiger partial charge in [0.25, 0.3) is 0 Å². The summed E-state index contributed by atoms with van der Waals surface area (Å²) in [5, 5.41) is 0. The minimum Gasteiger partial charge on any atom is -0.494 e. The van der Waals surface area contributed by atoms with Crippen LogP contribution >= 0.6 is 0 Å². The highest BCUT2D eigenvalue weighted by Gasteiger charge is 2.04. The third kappa shape index (κ3) is 5.36. The number of ether oxygens (including phenoxy) is 2. The van der Waals surface area contributed by atoms with E-state index in [0.717, 1.165) is 12.2 Å². The lowest BCUT2D eigenvalue weighted by atomic mass is 10.3. The topological polar surface area (TPSA) is 61.5 Å². The molecule has 2 N–H and O–H groups in total. The van der Waals surface area contributed by atoms with Crippen LogP contribution in [-0.4, -0.2) is 18.8 Å². The molecule has 0 aliphatic rings. The molecule has 0 heterocycles. The summed E-state index contributed by atoms with van der Waals surface area (Å²) in [6, 6.07) is 9.56. The Morgan fingerprint density at radius 1 is 1.38 bits per heavy atom. The van der Waals surface area contributed by atoms with Gasteiger partial charge in [-0.1, -0.05) is 18.2 Å². The van der Waals surface area contributed by atoms with Crippen LogP contribution in [-0.2, 0) is 9.53 Å². The van der Waals surface area contributed by atoms with E-state index >= 15 is 0 Å². The van der Waals surface area contributed by atoms with E-state index in [9.17, 15) is 4.79 Å². The highest BCUT2D eigenvalue weighted by atomic mass is 16.6. The van der Waals surface area contributed by atoms with Crippen LogP contribution in [0.4, 0.5) is 0 Å². The first-order valence-corrected chi connectivity index (χ1v) is 5.29. The molecule has 4 nitrogen and oxygen atoms in total. The molecule has 0 spiro atoms. The van der Waals surface area contributed by atoms with Crippen molar-refractivity contribution in [3.8, 4) is 5.75 Å². The minimum atomic E-state index is -0.531. The van der Waals surface area contributed by atoms with Gasteiger partial charge in [-0.25, -0.2) is 0 Å². The van der Waals surface area contributed by atoms with Crippen LogP contribution in [0.25, 0.3) is 0 Å². The van der Waals surface area contributed by atoms with Gasteiger partial charge in [-0.05, 0) is 18.6 Å². The molecule has 0 aromatic heterocycles. The Hall–Kier alpha value is -1.55. The number of carbonyl (C=O) groups is 1. The summed E-state index contributed by atoms with van der Waals surface area (Å²) in [4.78, 5) is 10.6. The van der Waals surface area contributed by atoms with Gasteiger partial charge in [0.1, 0.15) is 5.75 Å². The average Bonchev–Trinajstić information content (AvgIpc) is 2.25. The number of hydrogen-bond acceptors (Lipinski definition) is 4. The Morgan fingerprint density at radius 3 is 2.69 bits per heavy atom. The molecular weight excluding hydrogens is 206 g/mol. The van der Waals surface area contributed by atoms with E-state index in [1.807, 2.05) is 30.3 Å². The van der Waals surface area contributed by atoms with E-state index in [1.54, 1.807) is 0 Å². The summed E-state index contributed by atoms with van der Waals surface area (Å²) in [7, 11) is 0. The standard InChI is InChI=1S/C12H17NO3/c1-10(14)16-12(13)8-5-9-15-11-6-3-2-4-7-11/h2-4,6-7,12H,5,8-9,13H2,1H3. The lowest BCUT2D eigenvalue weighted by molar-refractivity contribution is -0.146. The van der Waals surface area contributed by atoms with Gasteiger partial charge in [-0.15, -0.1) is 0 Å². The number of hydrogen-bond donors (Lipinski definition) is 1. The van der Waals surface area contributed by atoms with Gasteiger partial charge in [-0.3, -0.25) is 10.5 Å². The highest BCUT2D eigenvalue weighted by Crippen LogP contribution is 2.09. The van der Waals surface area contributed by atoms with Crippen molar-refractivity contribution in [3.05, 3.63) is 30.3 Å². The zero-order valence-electron chi connectivity index (χ0n) is 9.39. The van der Waals surface area contributed by atoms with Gasteiger partial charge >= 0.3 is 5.97 Å². The molecule has 4 heteroatoms. The Bertz CT molecular complexity index is 313. The smallest absolute Gasteiger partial charge is 0.304 e. The zero-order valence-corrected chi connectivity index (χ0v) is 9.39. The Kier molecular flexibility index (Phi) is 5.36. The molecule has 0 bridgehead atoms. The quantitative estimate of drug-likeness (QED) is 0.453. The molecule has 0 radical (unpaired) electrons. The number of benzene rings is 1. The normalized spacial score (nSPS) is 11.9. The minimum absolute atomic E-state index is 0.350. The monoisotopic (exact) mass is 223 g/mol. The molecule has 0 saturated carbocycles. The van der Waals surface area contributed by atoms with E-state index in [1.165, 1.54) is 6.92 Å². The van der Waals surface area contributed by atoms with Gasteiger partial charge in [-0.2, -0.15) is 0 Å². The van der Waals surface area contributed by atoms with E-state index in [-0.39, 0.29) is 5.97 Å². The first-order valence-electron chi connectivity index (χ1n) is 5.29. The number of rotatable bonds is 6. The van der Waals surface area contributed by atoms with Crippen molar-refractivity contribution in [2.24, 2.45) is 5.73 Å². The van der Waals surface area contributed by atoms with Crippen molar-refractivity contribution in [3.63, 3.8) is 0 Å². The lowest BCUT2D eigenvalue weighted by Gasteiger charge is -2.11. The third-order valence-electron chi connectivity index (χ3n) is 1.96. The van der Waals surface area contributed by atoms with E-state index in [0.29, 0.717) is 13.0 Å². The fourth-order valence-electron chi connectivity index (χ4n) is 1.26. The molecule has 0 fully saturated rings. The van der Waals surface area contributed by atoms with E-state index < -0.39 is 6.23 Å². The molecule has 1 rings (SSSR count). The van der Waals surface area contributed by atoms with Crippen molar-refractivity contribution in [1.82, 2.24) is 0 Å². The van der Waals surface area contributed by atoms with Crippen LogP contribution in [0.3, 0.4) is 0 Å². The van der Waals surface area contributed by atoms with Crippen molar-refractivity contribution in [2.45, 2.75) is 26.0 Å². The van der Waals surface area contributed by atoms with Gasteiger partial charge < -0.3 is 9.47 Å². The number of esters is 1. The van der Waals surface area contributed by atoms with Crippen LogP contribution in [0, 0.1) is 0 Å². The molecule has 0 aliphatic carbocycles.